The summed E-state index contributed by atoms with van der Waals surface area (Å²) in [5.74, 6) is -0.228. The van der Waals surface area contributed by atoms with Gasteiger partial charge in [0, 0.05) is 17.1 Å². The van der Waals surface area contributed by atoms with E-state index >= 15 is 0 Å². The van der Waals surface area contributed by atoms with Crippen molar-refractivity contribution in [3.05, 3.63) is 24.3 Å². The number of hydrogen-bond acceptors (Lipinski definition) is 3. The number of carbonyl (C=O) groups is 1. The van der Waals surface area contributed by atoms with Crippen molar-refractivity contribution in [3.8, 4) is 0 Å². The summed E-state index contributed by atoms with van der Waals surface area (Å²) in [6.07, 6.45) is 0.732. The maximum Gasteiger partial charge on any atom is 0.241 e. The lowest BCUT2D eigenvalue weighted by atomic mass is 10.1. The van der Waals surface area contributed by atoms with Gasteiger partial charge in [0.2, 0.25) is 15.9 Å². The lowest BCUT2D eigenvalue weighted by Gasteiger charge is -2.20. The summed E-state index contributed by atoms with van der Waals surface area (Å²) in [6, 6.07) is 6.27. The van der Waals surface area contributed by atoms with Crippen LogP contribution in [0.3, 0.4) is 0 Å². The minimum Gasteiger partial charge on any atom is -0.326 e. The summed E-state index contributed by atoms with van der Waals surface area (Å²) >= 11 is 0. The summed E-state index contributed by atoms with van der Waals surface area (Å²) in [7, 11) is -3.60. The molecule has 2 N–H and O–H groups in total. The molecule has 0 aliphatic rings. The van der Waals surface area contributed by atoms with Crippen LogP contribution in [-0.4, -0.2) is 19.9 Å². The first-order valence-corrected chi connectivity index (χ1v) is 8.48. The maximum absolute atomic E-state index is 12.3. The molecule has 1 unspecified atom stereocenters. The van der Waals surface area contributed by atoms with Gasteiger partial charge in [0.05, 0.1) is 4.90 Å². The Morgan fingerprint density at radius 2 is 1.90 bits per heavy atom. The minimum absolute atomic E-state index is 0.113. The average Bonchev–Trinajstić information content (AvgIpc) is 2.35. The Labute approximate surface area is 127 Å². The number of rotatable bonds is 5. The molecule has 6 heteroatoms. The van der Waals surface area contributed by atoms with E-state index in [2.05, 4.69) is 10.0 Å². The van der Waals surface area contributed by atoms with Crippen molar-refractivity contribution in [2.45, 2.75) is 51.5 Å². The van der Waals surface area contributed by atoms with E-state index in [1.807, 2.05) is 13.8 Å². The van der Waals surface area contributed by atoms with E-state index in [1.54, 1.807) is 32.9 Å². The van der Waals surface area contributed by atoms with Gasteiger partial charge in [-0.15, -0.1) is 0 Å². The van der Waals surface area contributed by atoms with E-state index in [4.69, 9.17) is 0 Å². The zero-order valence-corrected chi connectivity index (χ0v) is 14.0. The van der Waals surface area contributed by atoms with Gasteiger partial charge in [0.15, 0.2) is 0 Å². The Balaban J connectivity index is 2.98. The normalized spacial score (nSPS) is 13.8. The third kappa shape index (κ3) is 5.47. The van der Waals surface area contributed by atoms with Gasteiger partial charge in [-0.05, 0) is 45.4 Å². The van der Waals surface area contributed by atoms with Gasteiger partial charge in [-0.2, -0.15) is 0 Å². The Hall–Kier alpha value is -1.40. The van der Waals surface area contributed by atoms with Gasteiger partial charge < -0.3 is 5.32 Å². The third-order valence-corrected chi connectivity index (χ3v) is 4.67. The number of benzene rings is 1. The zero-order chi connectivity index (χ0) is 16.3. The molecule has 5 nitrogen and oxygen atoms in total. The first-order valence-electron chi connectivity index (χ1n) is 7.00. The summed E-state index contributed by atoms with van der Waals surface area (Å²) in [4.78, 5) is 12.0. The second-order valence-electron chi connectivity index (χ2n) is 6.18. The lowest BCUT2D eigenvalue weighted by Crippen LogP contribution is -2.40. The van der Waals surface area contributed by atoms with Crippen molar-refractivity contribution in [3.63, 3.8) is 0 Å². The number of carbonyl (C=O) groups excluding carboxylic acids is 1. The number of amides is 1. The van der Waals surface area contributed by atoms with Crippen molar-refractivity contribution in [1.29, 1.82) is 0 Å². The predicted molar refractivity (Wildman–Crippen MR) is 84.6 cm³/mol. The Bertz CT molecular complexity index is 604. The summed E-state index contributed by atoms with van der Waals surface area (Å²) < 4.78 is 27.1. The first-order chi connectivity index (χ1) is 9.55. The molecule has 1 amide bonds. The van der Waals surface area contributed by atoms with Crippen molar-refractivity contribution in [1.82, 2.24) is 4.72 Å². The van der Waals surface area contributed by atoms with Gasteiger partial charge in [0.25, 0.3) is 0 Å². The SMILES string of the molecule is CCC(C)C(=O)Nc1cccc(S(=O)(=O)NC(C)(C)C)c1. The summed E-state index contributed by atoms with van der Waals surface area (Å²) in [5.41, 5.74) is -0.0773. The molecule has 0 aliphatic carbocycles. The third-order valence-electron chi connectivity index (χ3n) is 2.91. The minimum atomic E-state index is -3.60. The fraction of sp³-hybridized carbons (Fsp3) is 0.533. The molecule has 0 aromatic heterocycles. The lowest BCUT2D eigenvalue weighted by molar-refractivity contribution is -0.119. The van der Waals surface area contributed by atoms with Crippen LogP contribution in [0.4, 0.5) is 5.69 Å². The molecule has 21 heavy (non-hydrogen) atoms. The molecule has 1 aromatic carbocycles. The molecule has 0 spiro atoms. The molecule has 1 aromatic rings. The highest BCUT2D eigenvalue weighted by Crippen LogP contribution is 2.18. The largest absolute Gasteiger partial charge is 0.326 e. The van der Waals surface area contributed by atoms with Crippen molar-refractivity contribution < 1.29 is 13.2 Å². The average molecular weight is 312 g/mol. The quantitative estimate of drug-likeness (QED) is 0.878. The number of hydrogen-bond donors (Lipinski definition) is 2. The number of sulfonamides is 1. The molecule has 0 heterocycles. The highest BCUT2D eigenvalue weighted by Gasteiger charge is 2.22. The van der Waals surface area contributed by atoms with Gasteiger partial charge in [0.1, 0.15) is 0 Å². The molecular formula is C15H24N2O3S. The smallest absolute Gasteiger partial charge is 0.241 e. The van der Waals surface area contributed by atoms with Crippen LogP contribution in [0.15, 0.2) is 29.2 Å². The highest BCUT2D eigenvalue weighted by molar-refractivity contribution is 7.89. The summed E-state index contributed by atoms with van der Waals surface area (Å²) in [6.45, 7) is 9.09. The van der Waals surface area contributed by atoms with Crippen LogP contribution < -0.4 is 10.0 Å². The molecule has 0 fully saturated rings. The highest BCUT2D eigenvalue weighted by atomic mass is 32.2. The van der Waals surface area contributed by atoms with Crippen LogP contribution in [-0.2, 0) is 14.8 Å². The molecule has 0 saturated heterocycles. The van der Waals surface area contributed by atoms with E-state index in [0.717, 1.165) is 6.42 Å². The number of anilines is 1. The second-order valence-corrected chi connectivity index (χ2v) is 7.86. The molecule has 1 rings (SSSR count). The molecule has 1 atom stereocenters. The Morgan fingerprint density at radius 1 is 1.29 bits per heavy atom. The Kier molecular flexibility index (Phi) is 5.53. The molecule has 0 bridgehead atoms. The van der Waals surface area contributed by atoms with Crippen molar-refractivity contribution in [2.75, 3.05) is 5.32 Å². The molecular weight excluding hydrogens is 288 g/mol. The fourth-order valence-corrected chi connectivity index (χ4v) is 3.12. The van der Waals surface area contributed by atoms with Crippen LogP contribution in [0.5, 0.6) is 0 Å². The van der Waals surface area contributed by atoms with E-state index in [0.29, 0.717) is 5.69 Å². The first kappa shape index (κ1) is 17.7. The molecule has 0 aliphatic heterocycles. The van der Waals surface area contributed by atoms with Crippen LogP contribution in [0, 0.1) is 5.92 Å². The number of nitrogens with one attached hydrogen (secondary N) is 2. The van der Waals surface area contributed by atoms with E-state index in [9.17, 15) is 13.2 Å². The van der Waals surface area contributed by atoms with Crippen LogP contribution >= 0.6 is 0 Å². The van der Waals surface area contributed by atoms with Gasteiger partial charge in [-0.1, -0.05) is 19.9 Å². The Morgan fingerprint density at radius 3 is 2.43 bits per heavy atom. The van der Waals surface area contributed by atoms with Crippen LogP contribution in [0.2, 0.25) is 0 Å². The molecule has 0 saturated carbocycles. The van der Waals surface area contributed by atoms with Gasteiger partial charge in [-0.3, -0.25) is 4.79 Å². The zero-order valence-electron chi connectivity index (χ0n) is 13.2. The van der Waals surface area contributed by atoms with Crippen LogP contribution in [0.25, 0.3) is 0 Å². The van der Waals surface area contributed by atoms with Crippen molar-refractivity contribution in [2.24, 2.45) is 5.92 Å². The van der Waals surface area contributed by atoms with E-state index in [-0.39, 0.29) is 16.7 Å². The topological polar surface area (TPSA) is 75.3 Å². The predicted octanol–water partition coefficient (Wildman–Crippen LogP) is 2.75. The fourth-order valence-electron chi connectivity index (χ4n) is 1.65. The molecule has 0 radical (unpaired) electrons. The monoisotopic (exact) mass is 312 g/mol. The van der Waals surface area contributed by atoms with E-state index < -0.39 is 15.6 Å². The maximum atomic E-state index is 12.3. The second kappa shape index (κ2) is 6.58. The molecule has 118 valence electrons. The van der Waals surface area contributed by atoms with E-state index in [1.165, 1.54) is 12.1 Å². The van der Waals surface area contributed by atoms with Crippen molar-refractivity contribution >= 4 is 21.6 Å². The standard InChI is InChI=1S/C15H24N2O3S/c1-6-11(2)14(18)16-12-8-7-9-13(10-12)21(19,20)17-15(3,4)5/h7-11,17H,6H2,1-5H3,(H,16,18). The summed E-state index contributed by atoms with van der Waals surface area (Å²) in [5, 5.41) is 2.74. The van der Waals surface area contributed by atoms with Crippen LogP contribution in [0.1, 0.15) is 41.0 Å². The van der Waals surface area contributed by atoms with Gasteiger partial charge >= 0.3 is 0 Å². The van der Waals surface area contributed by atoms with Gasteiger partial charge in [-0.25, -0.2) is 13.1 Å².